The predicted octanol–water partition coefficient (Wildman–Crippen LogP) is 3.27. The van der Waals surface area contributed by atoms with Crippen LogP contribution in [0, 0.1) is 10.8 Å². The fourth-order valence-electron chi connectivity index (χ4n) is 3.24. The van der Waals surface area contributed by atoms with Crippen molar-refractivity contribution >= 4 is 0 Å². The first-order valence-corrected chi connectivity index (χ1v) is 7.43. The third kappa shape index (κ3) is 3.18. The Kier molecular flexibility index (Phi) is 4.32. The highest BCUT2D eigenvalue weighted by Gasteiger charge is 2.42. The van der Waals surface area contributed by atoms with Crippen LogP contribution in [-0.2, 0) is 6.54 Å². The number of hydrogen-bond donors (Lipinski definition) is 1. The van der Waals surface area contributed by atoms with Crippen LogP contribution in [0.5, 0.6) is 0 Å². The summed E-state index contributed by atoms with van der Waals surface area (Å²) in [6, 6.07) is 10.8. The van der Waals surface area contributed by atoms with Gasteiger partial charge in [0.2, 0.25) is 0 Å². The summed E-state index contributed by atoms with van der Waals surface area (Å²) in [5.74, 6) is 0. The third-order valence-corrected chi connectivity index (χ3v) is 5.04. The molecule has 1 fully saturated rings. The van der Waals surface area contributed by atoms with Gasteiger partial charge in [-0.3, -0.25) is 4.90 Å². The lowest BCUT2D eigenvalue weighted by Crippen LogP contribution is -2.50. The van der Waals surface area contributed by atoms with E-state index in [4.69, 9.17) is 5.73 Å². The van der Waals surface area contributed by atoms with E-state index in [0.717, 1.165) is 13.1 Å². The van der Waals surface area contributed by atoms with Crippen LogP contribution < -0.4 is 5.73 Å². The molecule has 2 N–H and O–H groups in total. The van der Waals surface area contributed by atoms with Crippen LogP contribution in [0.15, 0.2) is 30.3 Å². The van der Waals surface area contributed by atoms with Gasteiger partial charge in [0.1, 0.15) is 0 Å². The smallest absolute Gasteiger partial charge is 0.0233 e. The van der Waals surface area contributed by atoms with Gasteiger partial charge in [-0.1, -0.05) is 51.1 Å². The fraction of sp³-hybridized carbons (Fsp3) is 0.647. The molecule has 106 valence electrons. The zero-order chi connectivity index (χ0) is 13.9. The second kappa shape index (κ2) is 5.64. The van der Waals surface area contributed by atoms with Gasteiger partial charge in [0.15, 0.2) is 0 Å². The number of rotatable bonds is 3. The predicted molar refractivity (Wildman–Crippen MR) is 81.9 cm³/mol. The van der Waals surface area contributed by atoms with Crippen molar-refractivity contribution in [2.75, 3.05) is 19.6 Å². The Morgan fingerprint density at radius 2 is 1.68 bits per heavy atom. The number of nitrogens with zero attached hydrogens (tertiary/aromatic N) is 1. The molecule has 0 spiro atoms. The fourth-order valence-corrected chi connectivity index (χ4v) is 3.24. The van der Waals surface area contributed by atoms with Crippen molar-refractivity contribution in [1.29, 1.82) is 0 Å². The lowest BCUT2D eigenvalue weighted by Gasteiger charge is -2.49. The zero-order valence-electron chi connectivity index (χ0n) is 12.7. The molecule has 0 saturated carbocycles. The van der Waals surface area contributed by atoms with Crippen molar-refractivity contribution in [3.63, 3.8) is 0 Å². The maximum absolute atomic E-state index is 6.10. The van der Waals surface area contributed by atoms with Gasteiger partial charge in [-0.25, -0.2) is 0 Å². The lowest BCUT2D eigenvalue weighted by atomic mass is 9.61. The first-order valence-electron chi connectivity index (χ1n) is 7.43. The molecule has 2 nitrogen and oxygen atoms in total. The number of hydrogen-bond acceptors (Lipinski definition) is 2. The second-order valence-electron chi connectivity index (χ2n) is 7.00. The van der Waals surface area contributed by atoms with Crippen molar-refractivity contribution in [2.24, 2.45) is 16.6 Å². The molecule has 0 amide bonds. The largest absolute Gasteiger partial charge is 0.330 e. The van der Waals surface area contributed by atoms with Crippen molar-refractivity contribution in [3.8, 4) is 0 Å². The summed E-state index contributed by atoms with van der Waals surface area (Å²) in [4.78, 5) is 2.56. The number of benzene rings is 1. The molecule has 1 aliphatic heterocycles. The SMILES string of the molecule is CC(C)(C)C1(CN)CCN(Cc2ccccc2)CC1. The highest BCUT2D eigenvalue weighted by atomic mass is 15.1. The molecule has 0 unspecified atom stereocenters. The van der Waals surface area contributed by atoms with E-state index in [0.29, 0.717) is 10.8 Å². The van der Waals surface area contributed by atoms with Crippen molar-refractivity contribution < 1.29 is 0 Å². The van der Waals surface area contributed by atoms with Crippen LogP contribution in [-0.4, -0.2) is 24.5 Å². The molecule has 0 radical (unpaired) electrons. The first kappa shape index (κ1) is 14.5. The minimum Gasteiger partial charge on any atom is -0.330 e. The molecule has 0 bridgehead atoms. The van der Waals surface area contributed by atoms with Gasteiger partial charge < -0.3 is 5.73 Å². The average Bonchev–Trinajstić information content (AvgIpc) is 2.39. The monoisotopic (exact) mass is 260 g/mol. The summed E-state index contributed by atoms with van der Waals surface area (Å²) in [6.45, 7) is 11.3. The van der Waals surface area contributed by atoms with Crippen molar-refractivity contribution in [3.05, 3.63) is 35.9 Å². The molecule has 0 atom stereocenters. The molecule has 2 heteroatoms. The summed E-state index contributed by atoms with van der Waals surface area (Å²) in [6.07, 6.45) is 2.44. The van der Waals surface area contributed by atoms with E-state index in [-0.39, 0.29) is 0 Å². The van der Waals surface area contributed by atoms with Gasteiger partial charge in [0.05, 0.1) is 0 Å². The Morgan fingerprint density at radius 3 is 2.16 bits per heavy atom. The van der Waals surface area contributed by atoms with E-state index in [1.807, 2.05) is 0 Å². The van der Waals surface area contributed by atoms with Gasteiger partial charge in [0.25, 0.3) is 0 Å². The summed E-state index contributed by atoms with van der Waals surface area (Å²) < 4.78 is 0. The Morgan fingerprint density at radius 1 is 1.11 bits per heavy atom. The first-order chi connectivity index (χ1) is 8.97. The van der Waals surface area contributed by atoms with Crippen LogP contribution in [0.1, 0.15) is 39.2 Å². The summed E-state index contributed by atoms with van der Waals surface area (Å²) >= 11 is 0. The number of likely N-dealkylation sites (tertiary alicyclic amines) is 1. The molecule has 0 aliphatic carbocycles. The standard InChI is InChI=1S/C17H28N2/c1-16(2,3)17(14-18)9-11-19(12-10-17)13-15-7-5-4-6-8-15/h4-8H,9-14,18H2,1-3H3. The third-order valence-electron chi connectivity index (χ3n) is 5.04. The normalized spacial score (nSPS) is 20.4. The highest BCUT2D eigenvalue weighted by Crippen LogP contribution is 2.46. The van der Waals surface area contributed by atoms with E-state index < -0.39 is 0 Å². The summed E-state index contributed by atoms with van der Waals surface area (Å²) in [7, 11) is 0. The van der Waals surface area contributed by atoms with E-state index in [9.17, 15) is 0 Å². The van der Waals surface area contributed by atoms with Crippen LogP contribution in [0.3, 0.4) is 0 Å². The Labute approximate surface area is 118 Å². The average molecular weight is 260 g/mol. The molecular formula is C17H28N2. The lowest BCUT2D eigenvalue weighted by molar-refractivity contribution is 0.0111. The van der Waals surface area contributed by atoms with E-state index in [1.165, 1.54) is 31.5 Å². The van der Waals surface area contributed by atoms with Crippen molar-refractivity contribution in [1.82, 2.24) is 4.90 Å². The van der Waals surface area contributed by atoms with E-state index in [2.05, 4.69) is 56.0 Å². The van der Waals surface area contributed by atoms with Crippen LogP contribution in [0.25, 0.3) is 0 Å². The van der Waals surface area contributed by atoms with Gasteiger partial charge in [-0.2, -0.15) is 0 Å². The molecule has 0 aromatic heterocycles. The van der Waals surface area contributed by atoms with Gasteiger partial charge in [-0.15, -0.1) is 0 Å². The topological polar surface area (TPSA) is 29.3 Å². The molecule has 1 heterocycles. The summed E-state index contributed by atoms with van der Waals surface area (Å²) in [5.41, 5.74) is 8.14. The highest BCUT2D eigenvalue weighted by molar-refractivity contribution is 5.14. The maximum Gasteiger partial charge on any atom is 0.0233 e. The number of piperidine rings is 1. The van der Waals surface area contributed by atoms with Gasteiger partial charge >= 0.3 is 0 Å². The summed E-state index contributed by atoms with van der Waals surface area (Å²) in [5, 5.41) is 0. The Hall–Kier alpha value is -0.860. The Bertz CT molecular complexity index is 383. The van der Waals surface area contributed by atoms with E-state index in [1.54, 1.807) is 0 Å². The Balaban J connectivity index is 1.95. The second-order valence-corrected chi connectivity index (χ2v) is 7.00. The minimum atomic E-state index is 0.306. The molecular weight excluding hydrogens is 232 g/mol. The van der Waals surface area contributed by atoms with Crippen LogP contribution in [0.4, 0.5) is 0 Å². The van der Waals surface area contributed by atoms with Crippen LogP contribution in [0.2, 0.25) is 0 Å². The van der Waals surface area contributed by atoms with Crippen LogP contribution >= 0.6 is 0 Å². The molecule has 19 heavy (non-hydrogen) atoms. The van der Waals surface area contributed by atoms with E-state index >= 15 is 0 Å². The quantitative estimate of drug-likeness (QED) is 0.903. The molecule has 2 rings (SSSR count). The maximum atomic E-state index is 6.10. The molecule has 1 aromatic carbocycles. The molecule has 1 aliphatic rings. The number of nitrogens with two attached hydrogens (primary N) is 1. The molecule has 1 saturated heterocycles. The van der Waals surface area contributed by atoms with Gasteiger partial charge in [0, 0.05) is 6.54 Å². The van der Waals surface area contributed by atoms with Crippen molar-refractivity contribution in [2.45, 2.75) is 40.2 Å². The molecule has 1 aromatic rings. The van der Waals surface area contributed by atoms with Gasteiger partial charge in [-0.05, 0) is 48.9 Å². The zero-order valence-corrected chi connectivity index (χ0v) is 12.7. The minimum absolute atomic E-state index is 0.306.